The number of hydrogen-bond donors (Lipinski definition) is 0. The van der Waals surface area contributed by atoms with Gasteiger partial charge in [-0.2, -0.15) is 0 Å². The average molecular weight is 492 g/mol. The maximum absolute atomic E-state index is 12.9. The Balaban J connectivity index is 1.59. The molecule has 4 aromatic rings. The van der Waals surface area contributed by atoms with Gasteiger partial charge in [0, 0.05) is 11.1 Å². The maximum Gasteiger partial charge on any atom is 0.192 e. The number of benzene rings is 2. The SMILES string of the molecule is COc1ccc(C(=O)CSc2nnc(-c3ccc(C(C)(C)C)cc3)n2Cc2ccco2)cc1OC. The monoisotopic (exact) mass is 491 g/mol. The van der Waals surface area contributed by atoms with Gasteiger partial charge in [-0.05, 0) is 41.3 Å². The molecule has 8 heteroatoms. The van der Waals surface area contributed by atoms with Crippen LogP contribution in [0.15, 0.2) is 70.4 Å². The second kappa shape index (κ2) is 10.4. The topological polar surface area (TPSA) is 79.4 Å². The van der Waals surface area contributed by atoms with Gasteiger partial charge in [-0.1, -0.05) is 56.8 Å². The highest BCUT2D eigenvalue weighted by atomic mass is 32.2. The maximum atomic E-state index is 12.9. The third-order valence-corrected chi connectivity index (χ3v) is 6.62. The van der Waals surface area contributed by atoms with E-state index >= 15 is 0 Å². The predicted molar refractivity (Wildman–Crippen MR) is 137 cm³/mol. The minimum absolute atomic E-state index is 0.0421. The second-order valence-electron chi connectivity index (χ2n) is 9.08. The lowest BCUT2D eigenvalue weighted by Crippen LogP contribution is -2.10. The molecular formula is C27H29N3O4S. The molecule has 0 amide bonds. The molecular weight excluding hydrogens is 462 g/mol. The summed E-state index contributed by atoms with van der Waals surface area (Å²) in [6, 6.07) is 17.3. The molecule has 2 heterocycles. The minimum Gasteiger partial charge on any atom is -0.493 e. The van der Waals surface area contributed by atoms with E-state index in [1.165, 1.54) is 17.3 Å². The van der Waals surface area contributed by atoms with Crippen LogP contribution in [-0.4, -0.2) is 40.5 Å². The van der Waals surface area contributed by atoms with Gasteiger partial charge in [0.15, 0.2) is 28.3 Å². The third kappa shape index (κ3) is 5.59. The highest BCUT2D eigenvalue weighted by molar-refractivity contribution is 7.99. The Morgan fingerprint density at radius 1 is 1.00 bits per heavy atom. The summed E-state index contributed by atoms with van der Waals surface area (Å²) < 4.78 is 18.2. The zero-order chi connectivity index (χ0) is 25.0. The summed E-state index contributed by atoms with van der Waals surface area (Å²) in [6.07, 6.45) is 1.64. The molecule has 0 aliphatic rings. The van der Waals surface area contributed by atoms with Gasteiger partial charge in [-0.15, -0.1) is 10.2 Å². The predicted octanol–water partition coefficient (Wildman–Crippen LogP) is 5.88. The molecule has 0 aliphatic heterocycles. The Bertz CT molecular complexity index is 1290. The third-order valence-electron chi connectivity index (χ3n) is 5.66. The van der Waals surface area contributed by atoms with E-state index in [1.54, 1.807) is 38.7 Å². The van der Waals surface area contributed by atoms with Crippen molar-refractivity contribution in [3.05, 3.63) is 77.7 Å². The van der Waals surface area contributed by atoms with Gasteiger partial charge in [0.25, 0.3) is 0 Å². The number of ketones is 1. The Morgan fingerprint density at radius 3 is 2.37 bits per heavy atom. The number of furan rings is 1. The Hall–Kier alpha value is -3.52. The van der Waals surface area contributed by atoms with E-state index in [0.717, 1.165) is 17.1 Å². The van der Waals surface area contributed by atoms with Crippen LogP contribution in [-0.2, 0) is 12.0 Å². The van der Waals surface area contributed by atoms with E-state index in [9.17, 15) is 4.79 Å². The van der Waals surface area contributed by atoms with Crippen molar-refractivity contribution in [2.45, 2.75) is 37.9 Å². The Labute approximate surface area is 209 Å². The van der Waals surface area contributed by atoms with Crippen LogP contribution in [0.4, 0.5) is 0 Å². The number of Topliss-reactive ketones (excluding diaryl/α,β-unsaturated/α-hetero) is 1. The van der Waals surface area contributed by atoms with Crippen LogP contribution in [0.3, 0.4) is 0 Å². The van der Waals surface area contributed by atoms with E-state index in [0.29, 0.717) is 28.8 Å². The molecule has 35 heavy (non-hydrogen) atoms. The fraction of sp³-hybridized carbons (Fsp3) is 0.296. The van der Waals surface area contributed by atoms with Gasteiger partial charge in [-0.25, -0.2) is 0 Å². The van der Waals surface area contributed by atoms with Gasteiger partial charge >= 0.3 is 0 Å². The summed E-state index contributed by atoms with van der Waals surface area (Å²) in [7, 11) is 3.11. The van der Waals surface area contributed by atoms with Crippen molar-refractivity contribution < 1.29 is 18.7 Å². The number of nitrogens with zero attached hydrogens (tertiary/aromatic N) is 3. The molecule has 0 bridgehead atoms. The van der Waals surface area contributed by atoms with Crippen molar-refractivity contribution in [3.63, 3.8) is 0 Å². The standard InChI is InChI=1S/C27H29N3O4S/c1-27(2,3)20-11-8-18(9-12-20)25-28-29-26(30(25)16-21-7-6-14-34-21)35-17-22(31)19-10-13-23(32-4)24(15-19)33-5/h6-15H,16-17H2,1-5H3. The lowest BCUT2D eigenvalue weighted by molar-refractivity contribution is 0.102. The molecule has 4 rings (SSSR count). The first-order valence-corrected chi connectivity index (χ1v) is 12.2. The molecule has 0 spiro atoms. The van der Waals surface area contributed by atoms with Gasteiger partial charge in [-0.3, -0.25) is 9.36 Å². The van der Waals surface area contributed by atoms with Crippen molar-refractivity contribution in [2.75, 3.05) is 20.0 Å². The van der Waals surface area contributed by atoms with E-state index in [4.69, 9.17) is 13.9 Å². The average Bonchev–Trinajstić information content (AvgIpc) is 3.52. The lowest BCUT2D eigenvalue weighted by Gasteiger charge is -2.19. The van der Waals surface area contributed by atoms with Crippen LogP contribution in [0.1, 0.15) is 42.5 Å². The molecule has 0 radical (unpaired) electrons. The van der Waals surface area contributed by atoms with Crippen LogP contribution < -0.4 is 9.47 Å². The summed E-state index contributed by atoms with van der Waals surface area (Å²) in [6.45, 7) is 7.02. The minimum atomic E-state index is -0.0421. The fourth-order valence-electron chi connectivity index (χ4n) is 3.65. The normalized spacial score (nSPS) is 11.5. The molecule has 0 N–H and O–H groups in total. The van der Waals surface area contributed by atoms with E-state index in [1.807, 2.05) is 16.7 Å². The molecule has 7 nitrogen and oxygen atoms in total. The summed E-state index contributed by atoms with van der Waals surface area (Å²) >= 11 is 1.34. The summed E-state index contributed by atoms with van der Waals surface area (Å²) in [5.41, 5.74) is 2.81. The van der Waals surface area contributed by atoms with Crippen molar-refractivity contribution in [2.24, 2.45) is 0 Å². The number of rotatable bonds is 9. The van der Waals surface area contributed by atoms with Gasteiger partial charge in [0.1, 0.15) is 5.76 Å². The number of thioether (sulfide) groups is 1. The zero-order valence-electron chi connectivity index (χ0n) is 20.6. The van der Waals surface area contributed by atoms with Gasteiger partial charge < -0.3 is 13.9 Å². The van der Waals surface area contributed by atoms with Crippen LogP contribution in [0.2, 0.25) is 0 Å². The smallest absolute Gasteiger partial charge is 0.192 e. The Kier molecular flexibility index (Phi) is 7.31. The number of carbonyl (C=O) groups is 1. The first-order valence-electron chi connectivity index (χ1n) is 11.2. The number of aromatic nitrogens is 3. The summed E-state index contributed by atoms with van der Waals surface area (Å²) in [4.78, 5) is 12.9. The quantitative estimate of drug-likeness (QED) is 0.214. The largest absolute Gasteiger partial charge is 0.493 e. The van der Waals surface area contributed by atoms with Gasteiger partial charge in [0.05, 0.1) is 32.8 Å². The van der Waals surface area contributed by atoms with Crippen molar-refractivity contribution in [3.8, 4) is 22.9 Å². The number of carbonyl (C=O) groups excluding carboxylic acids is 1. The summed E-state index contributed by atoms with van der Waals surface area (Å²) in [5, 5.41) is 9.51. The number of methoxy groups -OCH3 is 2. The van der Waals surface area contributed by atoms with Crippen LogP contribution in [0.5, 0.6) is 11.5 Å². The number of ether oxygens (including phenoxy) is 2. The molecule has 2 aromatic heterocycles. The first-order chi connectivity index (χ1) is 16.8. The van der Waals surface area contributed by atoms with Crippen molar-refractivity contribution >= 4 is 17.5 Å². The van der Waals surface area contributed by atoms with E-state index in [-0.39, 0.29) is 17.0 Å². The molecule has 0 unspecified atom stereocenters. The van der Waals surface area contributed by atoms with Crippen LogP contribution >= 0.6 is 11.8 Å². The van der Waals surface area contributed by atoms with Gasteiger partial charge in [0.2, 0.25) is 0 Å². The fourth-order valence-corrected chi connectivity index (χ4v) is 4.48. The molecule has 182 valence electrons. The van der Waals surface area contributed by atoms with E-state index < -0.39 is 0 Å². The first kappa shape index (κ1) is 24.6. The zero-order valence-corrected chi connectivity index (χ0v) is 21.4. The molecule has 0 fully saturated rings. The van der Waals surface area contributed by atoms with Crippen molar-refractivity contribution in [1.82, 2.24) is 14.8 Å². The molecule has 2 aromatic carbocycles. The Morgan fingerprint density at radius 2 is 1.74 bits per heavy atom. The second-order valence-corrected chi connectivity index (χ2v) is 10.0. The highest BCUT2D eigenvalue weighted by Crippen LogP contribution is 2.30. The van der Waals surface area contributed by atoms with Crippen molar-refractivity contribution in [1.29, 1.82) is 0 Å². The van der Waals surface area contributed by atoms with Crippen LogP contribution in [0.25, 0.3) is 11.4 Å². The highest BCUT2D eigenvalue weighted by Gasteiger charge is 2.19. The lowest BCUT2D eigenvalue weighted by atomic mass is 9.87. The summed E-state index contributed by atoms with van der Waals surface area (Å²) in [5.74, 6) is 2.77. The van der Waals surface area contributed by atoms with Crippen LogP contribution in [0, 0.1) is 0 Å². The molecule has 0 saturated carbocycles. The van der Waals surface area contributed by atoms with E-state index in [2.05, 4.69) is 55.2 Å². The molecule has 0 atom stereocenters. The molecule has 0 aliphatic carbocycles. The molecule has 0 saturated heterocycles. The number of hydrogen-bond acceptors (Lipinski definition) is 7.